The van der Waals surface area contributed by atoms with E-state index in [0.717, 1.165) is 23.1 Å². The quantitative estimate of drug-likeness (QED) is 0.872. The molecule has 7 heteroatoms. The molecule has 1 unspecified atom stereocenters. The number of carbonyl (C=O) groups excluding carboxylic acids is 1. The number of hydrogen-bond donors (Lipinski definition) is 1. The van der Waals surface area contributed by atoms with Crippen LogP contribution >= 0.6 is 0 Å². The van der Waals surface area contributed by atoms with E-state index in [1.807, 2.05) is 38.5 Å². The van der Waals surface area contributed by atoms with Gasteiger partial charge in [-0.3, -0.25) is 0 Å². The van der Waals surface area contributed by atoms with E-state index in [4.69, 9.17) is 10.5 Å². The maximum Gasteiger partial charge on any atom is 0.410 e. The molecular formula is C16H23N5O2. The Hall–Kier alpha value is -2.31. The summed E-state index contributed by atoms with van der Waals surface area (Å²) < 4.78 is 7.49. The van der Waals surface area contributed by atoms with Gasteiger partial charge in [0.05, 0.1) is 5.39 Å². The average Bonchev–Trinajstić information content (AvgIpc) is 3.03. The van der Waals surface area contributed by atoms with Gasteiger partial charge in [0.2, 0.25) is 0 Å². The van der Waals surface area contributed by atoms with Crippen molar-refractivity contribution in [1.29, 1.82) is 0 Å². The fourth-order valence-electron chi connectivity index (χ4n) is 3.06. The molecule has 2 aromatic rings. The molecule has 0 aliphatic carbocycles. The summed E-state index contributed by atoms with van der Waals surface area (Å²) in [7, 11) is 1.97. The number of nitrogens with two attached hydrogens (primary N) is 1. The fraction of sp³-hybridized carbons (Fsp3) is 0.562. The summed E-state index contributed by atoms with van der Waals surface area (Å²) in [5.74, 6) is 0.736. The van der Waals surface area contributed by atoms with Crippen LogP contribution in [-0.2, 0) is 11.8 Å². The lowest BCUT2D eigenvalue weighted by atomic mass is 10.1. The Morgan fingerprint density at radius 1 is 1.39 bits per heavy atom. The molecule has 3 rings (SSSR count). The second-order valence-electron chi connectivity index (χ2n) is 7.04. The van der Waals surface area contributed by atoms with E-state index in [1.165, 1.54) is 6.33 Å². The van der Waals surface area contributed by atoms with Crippen molar-refractivity contribution in [3.05, 3.63) is 18.1 Å². The summed E-state index contributed by atoms with van der Waals surface area (Å²) in [5.41, 5.74) is 7.41. The van der Waals surface area contributed by atoms with Crippen LogP contribution in [0.25, 0.3) is 11.0 Å². The zero-order chi connectivity index (χ0) is 16.8. The zero-order valence-corrected chi connectivity index (χ0v) is 14.0. The number of ether oxygens (including phenoxy) is 1. The molecular weight excluding hydrogens is 294 g/mol. The van der Waals surface area contributed by atoms with Gasteiger partial charge in [0.15, 0.2) is 0 Å². The highest BCUT2D eigenvalue weighted by atomic mass is 16.6. The number of amides is 1. The van der Waals surface area contributed by atoms with Crippen LogP contribution in [0.3, 0.4) is 0 Å². The molecule has 0 aromatic carbocycles. The Morgan fingerprint density at radius 2 is 2.13 bits per heavy atom. The Kier molecular flexibility index (Phi) is 3.66. The minimum atomic E-state index is -0.473. The minimum Gasteiger partial charge on any atom is -0.444 e. The maximum atomic E-state index is 12.2. The molecule has 0 radical (unpaired) electrons. The van der Waals surface area contributed by atoms with Gasteiger partial charge in [0.1, 0.15) is 23.4 Å². The van der Waals surface area contributed by atoms with Crippen LogP contribution in [0.1, 0.15) is 38.8 Å². The number of likely N-dealkylation sites (tertiary alicyclic amines) is 1. The third-order valence-electron chi connectivity index (χ3n) is 4.15. The first kappa shape index (κ1) is 15.6. The standard InChI is InChI=1S/C16H23N5O2/c1-16(2,3)23-15(22)21-6-5-10(8-21)12-7-11-13(17)18-9-19-14(11)20(12)4/h7,9-10H,5-6,8H2,1-4H3,(H2,17,18,19). The molecule has 1 aliphatic heterocycles. The molecule has 1 saturated heterocycles. The summed E-state index contributed by atoms with van der Waals surface area (Å²) in [5, 5.41) is 0.862. The van der Waals surface area contributed by atoms with Gasteiger partial charge in [-0.25, -0.2) is 14.8 Å². The third-order valence-corrected chi connectivity index (χ3v) is 4.15. The molecule has 124 valence electrons. The molecule has 2 N–H and O–H groups in total. The maximum absolute atomic E-state index is 12.2. The number of nitrogen functional groups attached to an aromatic ring is 1. The average molecular weight is 317 g/mol. The monoisotopic (exact) mass is 317 g/mol. The van der Waals surface area contributed by atoms with E-state index in [1.54, 1.807) is 4.90 Å². The second-order valence-corrected chi connectivity index (χ2v) is 7.04. The highest BCUT2D eigenvalue weighted by molar-refractivity contribution is 5.87. The molecule has 3 heterocycles. The Labute approximate surface area is 135 Å². The Bertz CT molecular complexity index is 747. The molecule has 1 fully saturated rings. The van der Waals surface area contributed by atoms with Crippen LogP contribution in [0.5, 0.6) is 0 Å². The van der Waals surface area contributed by atoms with Gasteiger partial charge in [-0.1, -0.05) is 0 Å². The SMILES string of the molecule is Cn1c(C2CCN(C(=O)OC(C)(C)C)C2)cc2c(N)ncnc21. The van der Waals surface area contributed by atoms with Crippen LogP contribution in [0.2, 0.25) is 0 Å². The van der Waals surface area contributed by atoms with Gasteiger partial charge in [0.25, 0.3) is 0 Å². The lowest BCUT2D eigenvalue weighted by molar-refractivity contribution is 0.0292. The lowest BCUT2D eigenvalue weighted by Crippen LogP contribution is -2.35. The van der Waals surface area contributed by atoms with Gasteiger partial charge < -0.3 is 19.9 Å². The number of fused-ring (bicyclic) bond motifs is 1. The first-order valence-corrected chi connectivity index (χ1v) is 7.80. The van der Waals surface area contributed by atoms with Crippen LogP contribution in [0.15, 0.2) is 12.4 Å². The summed E-state index contributed by atoms with van der Waals surface area (Å²) in [6, 6.07) is 2.04. The van der Waals surface area contributed by atoms with Crippen molar-refractivity contribution in [3.8, 4) is 0 Å². The van der Waals surface area contributed by atoms with Crippen molar-refractivity contribution >= 4 is 22.9 Å². The number of nitrogens with zero attached hydrogens (tertiary/aromatic N) is 4. The normalized spacial score (nSPS) is 18.6. The number of anilines is 1. The molecule has 1 amide bonds. The van der Waals surface area contributed by atoms with Gasteiger partial charge in [-0.15, -0.1) is 0 Å². The van der Waals surface area contributed by atoms with Crippen LogP contribution < -0.4 is 5.73 Å². The van der Waals surface area contributed by atoms with Crippen molar-refractivity contribution in [3.63, 3.8) is 0 Å². The molecule has 1 atom stereocenters. The number of aryl methyl sites for hydroxylation is 1. The Morgan fingerprint density at radius 3 is 2.78 bits per heavy atom. The second kappa shape index (κ2) is 5.40. The van der Waals surface area contributed by atoms with Gasteiger partial charge >= 0.3 is 6.09 Å². The van der Waals surface area contributed by atoms with Crippen LogP contribution in [0.4, 0.5) is 10.6 Å². The van der Waals surface area contributed by atoms with Crippen molar-refractivity contribution in [2.24, 2.45) is 7.05 Å². The Balaban J connectivity index is 1.81. The van der Waals surface area contributed by atoms with Crippen LogP contribution in [0, 0.1) is 0 Å². The molecule has 23 heavy (non-hydrogen) atoms. The molecule has 2 aromatic heterocycles. The molecule has 0 spiro atoms. The largest absolute Gasteiger partial charge is 0.444 e. The molecule has 7 nitrogen and oxygen atoms in total. The van der Waals surface area contributed by atoms with Crippen molar-refractivity contribution < 1.29 is 9.53 Å². The number of aromatic nitrogens is 3. The third kappa shape index (κ3) is 2.95. The first-order valence-electron chi connectivity index (χ1n) is 7.80. The van der Waals surface area contributed by atoms with E-state index >= 15 is 0 Å². The fourth-order valence-corrected chi connectivity index (χ4v) is 3.06. The molecule has 1 aliphatic rings. The summed E-state index contributed by atoms with van der Waals surface area (Å²) in [4.78, 5) is 22.3. The summed E-state index contributed by atoms with van der Waals surface area (Å²) in [6.45, 7) is 6.98. The van der Waals surface area contributed by atoms with Crippen molar-refractivity contribution in [1.82, 2.24) is 19.4 Å². The van der Waals surface area contributed by atoms with Crippen molar-refractivity contribution in [2.45, 2.75) is 38.7 Å². The smallest absolute Gasteiger partial charge is 0.410 e. The van der Waals surface area contributed by atoms with Gasteiger partial charge in [0, 0.05) is 31.7 Å². The predicted octanol–water partition coefficient (Wildman–Crippen LogP) is 2.27. The van der Waals surface area contributed by atoms with E-state index in [9.17, 15) is 4.79 Å². The van der Waals surface area contributed by atoms with E-state index in [2.05, 4.69) is 9.97 Å². The summed E-state index contributed by atoms with van der Waals surface area (Å²) in [6.07, 6.45) is 2.12. The zero-order valence-electron chi connectivity index (χ0n) is 14.0. The van der Waals surface area contributed by atoms with E-state index in [-0.39, 0.29) is 12.0 Å². The van der Waals surface area contributed by atoms with E-state index < -0.39 is 5.60 Å². The van der Waals surface area contributed by atoms with Gasteiger partial charge in [-0.05, 0) is 33.3 Å². The highest BCUT2D eigenvalue weighted by Crippen LogP contribution is 2.32. The predicted molar refractivity (Wildman–Crippen MR) is 88.1 cm³/mol. The van der Waals surface area contributed by atoms with Crippen LogP contribution in [-0.4, -0.2) is 44.2 Å². The topological polar surface area (TPSA) is 86.3 Å². The van der Waals surface area contributed by atoms with Crippen molar-refractivity contribution in [2.75, 3.05) is 18.8 Å². The van der Waals surface area contributed by atoms with E-state index in [0.29, 0.717) is 18.9 Å². The van der Waals surface area contributed by atoms with Gasteiger partial charge in [-0.2, -0.15) is 0 Å². The minimum absolute atomic E-state index is 0.251. The molecule has 0 saturated carbocycles. The highest BCUT2D eigenvalue weighted by Gasteiger charge is 2.32. The number of rotatable bonds is 1. The summed E-state index contributed by atoms with van der Waals surface area (Å²) >= 11 is 0. The molecule has 0 bridgehead atoms. The number of carbonyl (C=O) groups is 1. The number of hydrogen-bond acceptors (Lipinski definition) is 5. The first-order chi connectivity index (χ1) is 10.8. The lowest BCUT2D eigenvalue weighted by Gasteiger charge is -2.24.